The van der Waals surface area contributed by atoms with E-state index < -0.39 is 10.9 Å². The number of amides is 1. The van der Waals surface area contributed by atoms with E-state index in [0.717, 1.165) is 35.2 Å². The molecule has 0 spiro atoms. The predicted octanol–water partition coefficient (Wildman–Crippen LogP) is 4.04. The van der Waals surface area contributed by atoms with Crippen LogP contribution in [0.4, 0.5) is 5.69 Å². The predicted molar refractivity (Wildman–Crippen MR) is 133 cm³/mol. The fraction of sp³-hybridized carbons (Fsp3) is 0.296. The van der Waals surface area contributed by atoms with Gasteiger partial charge in [0.25, 0.3) is 11.6 Å². The van der Waals surface area contributed by atoms with E-state index in [1.54, 1.807) is 17.0 Å². The lowest BCUT2D eigenvalue weighted by atomic mass is 9.86. The second-order valence-corrected chi connectivity index (χ2v) is 8.77. The smallest absolute Gasteiger partial charge is 0.339 e. The molecule has 0 radical (unpaired) electrons. The first-order valence-corrected chi connectivity index (χ1v) is 11.9. The number of pyridine rings is 1. The molecule has 1 aromatic heterocycles. The van der Waals surface area contributed by atoms with Crippen molar-refractivity contribution in [3.05, 3.63) is 81.0 Å². The summed E-state index contributed by atoms with van der Waals surface area (Å²) in [6, 6.07) is 13.8. The number of morpholine rings is 1. The Morgan fingerprint density at radius 2 is 1.83 bits per heavy atom. The molecule has 5 rings (SSSR count). The van der Waals surface area contributed by atoms with Crippen LogP contribution in [0, 0.1) is 10.1 Å². The maximum absolute atomic E-state index is 13.4. The molecule has 0 unspecified atom stereocenters. The van der Waals surface area contributed by atoms with Crippen molar-refractivity contribution in [1.82, 2.24) is 9.88 Å². The number of nitro groups is 1. The Morgan fingerprint density at radius 1 is 1.08 bits per heavy atom. The lowest BCUT2D eigenvalue weighted by Crippen LogP contribution is -2.42. The zero-order chi connectivity index (χ0) is 25.1. The Kier molecular flexibility index (Phi) is 6.73. The molecular weight excluding hydrogens is 462 g/mol. The van der Waals surface area contributed by atoms with Gasteiger partial charge in [0.1, 0.15) is 0 Å². The van der Waals surface area contributed by atoms with Crippen molar-refractivity contribution in [3.63, 3.8) is 0 Å². The van der Waals surface area contributed by atoms with Crippen LogP contribution < -0.4 is 0 Å². The van der Waals surface area contributed by atoms with Crippen LogP contribution in [0.2, 0.25) is 0 Å². The normalized spacial score (nSPS) is 16.6. The zero-order valence-electron chi connectivity index (χ0n) is 19.6. The minimum Gasteiger partial charge on any atom is -0.452 e. The average molecular weight is 488 g/mol. The van der Waals surface area contributed by atoms with Crippen molar-refractivity contribution < 1.29 is 24.0 Å². The number of ether oxygens (including phenoxy) is 2. The number of benzene rings is 2. The highest BCUT2D eigenvalue weighted by atomic mass is 16.6. The molecule has 0 bridgehead atoms. The Morgan fingerprint density at radius 3 is 2.58 bits per heavy atom. The van der Waals surface area contributed by atoms with Crippen LogP contribution in [0.3, 0.4) is 0 Å². The molecule has 0 N–H and O–H groups in total. The van der Waals surface area contributed by atoms with E-state index in [9.17, 15) is 19.7 Å². The summed E-state index contributed by atoms with van der Waals surface area (Å²) in [5.41, 5.74) is 4.44. The SMILES string of the molecule is O=C(OCC(=O)N1CCOCC1)c1c2c(nc3ccccc13)/C(=C\c1ccc([N+](=O)[O-])cc1)CCC2. The molecule has 2 aromatic carbocycles. The number of non-ortho nitro benzene ring substituents is 1. The van der Waals surface area contributed by atoms with Gasteiger partial charge in [-0.15, -0.1) is 0 Å². The molecular formula is C27H25N3O6. The van der Waals surface area contributed by atoms with E-state index in [1.807, 2.05) is 30.3 Å². The summed E-state index contributed by atoms with van der Waals surface area (Å²) in [5.74, 6) is -0.777. The average Bonchev–Trinajstić information content (AvgIpc) is 2.91. The number of hydrogen-bond donors (Lipinski definition) is 0. The first kappa shape index (κ1) is 23.6. The minimum atomic E-state index is -0.539. The van der Waals surface area contributed by atoms with Crippen molar-refractivity contribution in [2.45, 2.75) is 19.3 Å². The second-order valence-electron chi connectivity index (χ2n) is 8.77. The van der Waals surface area contributed by atoms with E-state index >= 15 is 0 Å². The van der Waals surface area contributed by atoms with E-state index in [-0.39, 0.29) is 18.2 Å². The summed E-state index contributed by atoms with van der Waals surface area (Å²) in [6.07, 6.45) is 4.20. The molecule has 2 heterocycles. The molecule has 3 aromatic rings. The highest BCUT2D eigenvalue weighted by Crippen LogP contribution is 2.36. The third-order valence-corrected chi connectivity index (χ3v) is 6.51. The van der Waals surface area contributed by atoms with Gasteiger partial charge in [-0.2, -0.15) is 0 Å². The number of nitro benzene ring substituents is 1. The van der Waals surface area contributed by atoms with Gasteiger partial charge in [0, 0.05) is 30.6 Å². The van der Waals surface area contributed by atoms with Crippen molar-refractivity contribution >= 4 is 40.1 Å². The van der Waals surface area contributed by atoms with Gasteiger partial charge >= 0.3 is 5.97 Å². The number of carbonyl (C=O) groups excluding carboxylic acids is 2. The van der Waals surface area contributed by atoms with E-state index in [1.165, 1.54) is 12.1 Å². The van der Waals surface area contributed by atoms with Gasteiger partial charge in [0.15, 0.2) is 6.61 Å². The lowest BCUT2D eigenvalue weighted by Gasteiger charge is -2.27. The van der Waals surface area contributed by atoms with Crippen LogP contribution in [-0.2, 0) is 20.7 Å². The summed E-state index contributed by atoms with van der Waals surface area (Å²) in [5, 5.41) is 11.7. The molecule has 36 heavy (non-hydrogen) atoms. The van der Waals surface area contributed by atoms with Crippen molar-refractivity contribution in [2.24, 2.45) is 0 Å². The molecule has 1 fully saturated rings. The van der Waals surface area contributed by atoms with Gasteiger partial charge in [-0.3, -0.25) is 14.9 Å². The molecule has 9 nitrogen and oxygen atoms in total. The zero-order valence-corrected chi connectivity index (χ0v) is 19.6. The van der Waals surface area contributed by atoms with Gasteiger partial charge in [-0.25, -0.2) is 9.78 Å². The Labute approximate surface area is 207 Å². The maximum Gasteiger partial charge on any atom is 0.339 e. The number of hydrogen-bond acceptors (Lipinski definition) is 7. The molecule has 184 valence electrons. The number of esters is 1. The highest BCUT2D eigenvalue weighted by molar-refractivity contribution is 6.07. The quantitative estimate of drug-likeness (QED) is 0.303. The summed E-state index contributed by atoms with van der Waals surface area (Å²) >= 11 is 0. The lowest BCUT2D eigenvalue weighted by molar-refractivity contribution is -0.384. The van der Waals surface area contributed by atoms with Gasteiger partial charge in [-0.05, 0) is 60.2 Å². The standard InChI is InChI=1S/C27H25N3O6/c31-24(29-12-14-35-15-13-29)17-36-27(32)25-21-5-1-2-7-23(21)28-26-19(4-3-6-22(25)26)16-18-8-10-20(11-9-18)30(33)34/h1-2,5,7-11,16H,3-4,6,12-15,17H2/b19-16-. The third kappa shape index (κ3) is 4.83. The van der Waals surface area contributed by atoms with Crippen LogP contribution in [-0.4, -0.2) is 59.6 Å². The summed E-state index contributed by atoms with van der Waals surface area (Å²) in [6.45, 7) is 1.61. The van der Waals surface area contributed by atoms with E-state index in [0.29, 0.717) is 49.2 Å². The van der Waals surface area contributed by atoms with E-state index in [4.69, 9.17) is 14.5 Å². The van der Waals surface area contributed by atoms with Gasteiger partial charge in [0.2, 0.25) is 0 Å². The third-order valence-electron chi connectivity index (χ3n) is 6.51. The van der Waals surface area contributed by atoms with Crippen molar-refractivity contribution in [2.75, 3.05) is 32.9 Å². The fourth-order valence-corrected chi connectivity index (χ4v) is 4.71. The fourth-order valence-electron chi connectivity index (χ4n) is 4.71. The molecule has 1 aliphatic carbocycles. The van der Waals surface area contributed by atoms with Crippen LogP contribution in [0.5, 0.6) is 0 Å². The molecule has 0 atom stereocenters. The van der Waals surface area contributed by atoms with Gasteiger partial charge in [0.05, 0.1) is 34.9 Å². The van der Waals surface area contributed by atoms with E-state index in [2.05, 4.69) is 0 Å². The summed E-state index contributed by atoms with van der Waals surface area (Å²) in [7, 11) is 0. The molecule has 9 heteroatoms. The van der Waals surface area contributed by atoms with Crippen LogP contribution in [0.15, 0.2) is 48.5 Å². The Balaban J connectivity index is 1.48. The molecule has 1 aliphatic heterocycles. The topological polar surface area (TPSA) is 112 Å². The minimum absolute atomic E-state index is 0.0296. The maximum atomic E-state index is 13.4. The first-order valence-electron chi connectivity index (χ1n) is 11.9. The molecule has 1 amide bonds. The van der Waals surface area contributed by atoms with Gasteiger partial charge < -0.3 is 14.4 Å². The molecule has 2 aliphatic rings. The Hall–Kier alpha value is -4.11. The monoisotopic (exact) mass is 487 g/mol. The summed E-state index contributed by atoms with van der Waals surface area (Å²) in [4.78, 5) is 43.0. The number of fused-ring (bicyclic) bond motifs is 2. The number of para-hydroxylation sites is 1. The number of allylic oxidation sites excluding steroid dienone is 1. The van der Waals surface area contributed by atoms with Crippen LogP contribution in [0.1, 0.15) is 40.0 Å². The number of rotatable bonds is 5. The van der Waals surface area contributed by atoms with Crippen molar-refractivity contribution in [1.29, 1.82) is 0 Å². The Bertz CT molecular complexity index is 1360. The van der Waals surface area contributed by atoms with Gasteiger partial charge in [-0.1, -0.05) is 18.2 Å². The first-order chi connectivity index (χ1) is 17.5. The number of aromatic nitrogens is 1. The van der Waals surface area contributed by atoms with Crippen molar-refractivity contribution in [3.8, 4) is 0 Å². The number of nitrogens with zero attached hydrogens (tertiary/aromatic N) is 3. The molecule has 1 saturated heterocycles. The second kappa shape index (κ2) is 10.2. The summed E-state index contributed by atoms with van der Waals surface area (Å²) < 4.78 is 10.8. The van der Waals surface area contributed by atoms with Crippen LogP contribution in [0.25, 0.3) is 22.6 Å². The molecule has 0 saturated carbocycles. The largest absolute Gasteiger partial charge is 0.452 e. The highest BCUT2D eigenvalue weighted by Gasteiger charge is 2.27. The van der Waals surface area contributed by atoms with Crippen LogP contribution >= 0.6 is 0 Å². The number of carbonyl (C=O) groups is 2.